The number of amides is 1. The lowest BCUT2D eigenvalue weighted by Gasteiger charge is -2.44. The second-order valence-electron chi connectivity index (χ2n) is 10.5. The van der Waals surface area contributed by atoms with E-state index in [1.807, 2.05) is 36.1 Å². The molecule has 0 bridgehead atoms. The Morgan fingerprint density at radius 1 is 1.18 bits per heavy atom. The fourth-order valence-electron chi connectivity index (χ4n) is 5.93. The van der Waals surface area contributed by atoms with E-state index in [1.54, 1.807) is 0 Å². The molecule has 1 fully saturated rings. The van der Waals surface area contributed by atoms with Gasteiger partial charge in [-0.15, -0.1) is 0 Å². The molecule has 0 aliphatic carbocycles. The highest BCUT2D eigenvalue weighted by Gasteiger charge is 2.39. The predicted octanol–water partition coefficient (Wildman–Crippen LogP) is 5.02. The van der Waals surface area contributed by atoms with Crippen LogP contribution in [0.25, 0.3) is 10.9 Å². The number of carbonyl (C=O) groups is 1. The maximum atomic E-state index is 15.9. The normalized spacial score (nSPS) is 19.8. The lowest BCUT2D eigenvalue weighted by Crippen LogP contribution is -2.54. The Kier molecular flexibility index (Phi) is 7.38. The van der Waals surface area contributed by atoms with E-state index in [0.29, 0.717) is 50.3 Å². The van der Waals surface area contributed by atoms with Crippen LogP contribution in [-0.2, 0) is 11.2 Å². The number of para-hydroxylation sites is 1. The van der Waals surface area contributed by atoms with Gasteiger partial charge < -0.3 is 20.9 Å². The number of hydrogen-bond donors (Lipinski definition) is 3. The molecule has 5 rings (SSSR count). The number of nitrogens with one attached hydrogen (secondary N) is 2. The van der Waals surface area contributed by atoms with Gasteiger partial charge in [-0.05, 0) is 49.9 Å². The molecule has 2 aliphatic heterocycles. The van der Waals surface area contributed by atoms with Gasteiger partial charge in [0.15, 0.2) is 0 Å². The van der Waals surface area contributed by atoms with Gasteiger partial charge in [0.2, 0.25) is 5.91 Å². The zero-order valence-corrected chi connectivity index (χ0v) is 21.6. The Morgan fingerprint density at radius 2 is 1.89 bits per heavy atom. The number of allylic oxidation sites excluding steroid dienone is 1. The molecule has 0 saturated carbocycles. The average molecular weight is 526 g/mol. The highest BCUT2D eigenvalue weighted by Crippen LogP contribution is 2.45. The molecule has 3 aromatic rings. The summed E-state index contributed by atoms with van der Waals surface area (Å²) in [6.07, 6.45) is 1.55. The van der Waals surface area contributed by atoms with Gasteiger partial charge in [0.05, 0.1) is 18.3 Å². The van der Waals surface area contributed by atoms with Crippen LogP contribution in [0.4, 0.5) is 18.9 Å². The van der Waals surface area contributed by atoms with Crippen molar-refractivity contribution in [1.82, 2.24) is 14.8 Å². The third kappa shape index (κ3) is 4.99. The second-order valence-corrected chi connectivity index (χ2v) is 10.5. The molecule has 38 heavy (non-hydrogen) atoms. The van der Waals surface area contributed by atoms with E-state index in [1.165, 1.54) is 12.1 Å². The van der Waals surface area contributed by atoms with E-state index in [2.05, 4.69) is 21.8 Å². The number of hydrogen-bond acceptors (Lipinski definition) is 4. The smallest absolute Gasteiger partial charge is 0.217 e. The molecule has 2 aliphatic rings. The minimum atomic E-state index is -0.782. The Morgan fingerprint density at radius 3 is 2.58 bits per heavy atom. The van der Waals surface area contributed by atoms with Crippen LogP contribution in [0, 0.1) is 11.6 Å². The van der Waals surface area contributed by atoms with Crippen molar-refractivity contribution in [2.75, 3.05) is 31.6 Å². The van der Waals surface area contributed by atoms with E-state index in [-0.39, 0.29) is 30.7 Å². The van der Waals surface area contributed by atoms with Crippen LogP contribution >= 0.6 is 0 Å². The maximum absolute atomic E-state index is 15.9. The van der Waals surface area contributed by atoms with Gasteiger partial charge in [0, 0.05) is 60.1 Å². The summed E-state index contributed by atoms with van der Waals surface area (Å²) in [5.74, 6) is -1.76. The first-order chi connectivity index (χ1) is 18.3. The van der Waals surface area contributed by atoms with Gasteiger partial charge >= 0.3 is 0 Å². The minimum Gasteiger partial charge on any atom is -0.380 e. The highest BCUT2D eigenvalue weighted by atomic mass is 19.1. The summed E-state index contributed by atoms with van der Waals surface area (Å²) in [5, 5.41) is 4.24. The van der Waals surface area contributed by atoms with Crippen molar-refractivity contribution in [2.24, 2.45) is 5.73 Å². The zero-order chi connectivity index (χ0) is 27.0. The standard InChI is InChI=1S/C29H34F3N5O/c1-17(8-9-26(33)38)37-18(2)12-22-21-6-3-4-7-25(21)35-28(22)29(37)27-23(31)13-19(14-24(27)32)34-20-15-36(16-20)11-5-10-30/h3-4,6-7,13-14,18,20,29,34-35H,1,5,8-12,15-16H2,2H3,(H2,33,38)/t18-,29-/m0/s1. The summed E-state index contributed by atoms with van der Waals surface area (Å²) in [6, 6.07) is 9.69. The highest BCUT2D eigenvalue weighted by molar-refractivity contribution is 5.85. The molecule has 6 nitrogen and oxygen atoms in total. The first-order valence-electron chi connectivity index (χ1n) is 13.1. The van der Waals surface area contributed by atoms with Gasteiger partial charge in [-0.1, -0.05) is 24.8 Å². The first-order valence-corrected chi connectivity index (χ1v) is 13.1. The van der Waals surface area contributed by atoms with E-state index < -0.39 is 23.6 Å². The zero-order valence-electron chi connectivity index (χ0n) is 21.6. The Balaban J connectivity index is 1.50. The van der Waals surface area contributed by atoms with Crippen molar-refractivity contribution in [3.05, 3.63) is 77.1 Å². The van der Waals surface area contributed by atoms with E-state index in [4.69, 9.17) is 5.73 Å². The van der Waals surface area contributed by atoms with Crippen molar-refractivity contribution in [1.29, 1.82) is 0 Å². The third-order valence-electron chi connectivity index (χ3n) is 7.69. The molecular weight excluding hydrogens is 491 g/mol. The molecule has 0 spiro atoms. The van der Waals surface area contributed by atoms with Gasteiger partial charge in [0.1, 0.15) is 17.7 Å². The fourth-order valence-corrected chi connectivity index (χ4v) is 5.93. The van der Waals surface area contributed by atoms with Crippen LogP contribution in [0.2, 0.25) is 0 Å². The number of alkyl halides is 1. The van der Waals surface area contributed by atoms with Gasteiger partial charge in [-0.3, -0.25) is 14.1 Å². The lowest BCUT2D eigenvalue weighted by atomic mass is 9.87. The quantitative estimate of drug-likeness (QED) is 0.348. The number of H-pyrrole nitrogens is 1. The van der Waals surface area contributed by atoms with Crippen LogP contribution in [0.15, 0.2) is 48.7 Å². The summed E-state index contributed by atoms with van der Waals surface area (Å²) in [6.45, 7) is 7.93. The van der Waals surface area contributed by atoms with Crippen molar-refractivity contribution < 1.29 is 18.0 Å². The van der Waals surface area contributed by atoms with Crippen LogP contribution in [0.5, 0.6) is 0 Å². The van der Waals surface area contributed by atoms with Gasteiger partial charge in [-0.2, -0.15) is 0 Å². The maximum Gasteiger partial charge on any atom is 0.217 e. The number of anilines is 1. The van der Waals surface area contributed by atoms with Crippen molar-refractivity contribution in [2.45, 2.75) is 50.7 Å². The number of aromatic amines is 1. The average Bonchev–Trinajstić information content (AvgIpc) is 3.21. The largest absolute Gasteiger partial charge is 0.380 e. The molecule has 1 aromatic heterocycles. The van der Waals surface area contributed by atoms with E-state index in [9.17, 15) is 9.18 Å². The number of aromatic nitrogens is 1. The van der Waals surface area contributed by atoms with Crippen molar-refractivity contribution in [3.8, 4) is 0 Å². The van der Waals surface area contributed by atoms with E-state index >= 15 is 8.78 Å². The Bertz CT molecular complexity index is 1330. The van der Waals surface area contributed by atoms with Gasteiger partial charge in [-0.25, -0.2) is 8.78 Å². The first kappa shape index (κ1) is 26.2. The number of rotatable bonds is 10. The Labute approximate surface area is 220 Å². The molecule has 202 valence electrons. The molecule has 0 unspecified atom stereocenters. The predicted molar refractivity (Wildman–Crippen MR) is 144 cm³/mol. The van der Waals surface area contributed by atoms with Crippen LogP contribution in [0.3, 0.4) is 0 Å². The third-order valence-corrected chi connectivity index (χ3v) is 7.69. The van der Waals surface area contributed by atoms with Crippen LogP contribution < -0.4 is 11.1 Å². The number of fused-ring (bicyclic) bond motifs is 3. The number of nitrogens with zero attached hydrogens (tertiary/aromatic N) is 2. The summed E-state index contributed by atoms with van der Waals surface area (Å²) in [4.78, 5) is 18.9. The van der Waals surface area contributed by atoms with Crippen LogP contribution in [0.1, 0.15) is 49.0 Å². The second kappa shape index (κ2) is 10.7. The molecule has 9 heteroatoms. The molecular formula is C29H34F3N5O. The summed E-state index contributed by atoms with van der Waals surface area (Å²) in [5.41, 5.74) is 8.96. The molecule has 2 aromatic carbocycles. The number of benzene rings is 2. The van der Waals surface area contributed by atoms with E-state index in [0.717, 1.165) is 22.2 Å². The molecule has 3 heterocycles. The number of carbonyl (C=O) groups excluding carboxylic acids is 1. The topological polar surface area (TPSA) is 77.4 Å². The van der Waals surface area contributed by atoms with Crippen LogP contribution in [-0.4, -0.2) is 59.1 Å². The molecule has 2 atom stereocenters. The molecule has 1 saturated heterocycles. The molecule has 0 radical (unpaired) electrons. The number of nitrogens with two attached hydrogens (primary N) is 1. The van der Waals surface area contributed by atoms with Crippen molar-refractivity contribution in [3.63, 3.8) is 0 Å². The summed E-state index contributed by atoms with van der Waals surface area (Å²) in [7, 11) is 0. The minimum absolute atomic E-state index is 0.0550. The lowest BCUT2D eigenvalue weighted by molar-refractivity contribution is -0.118. The summed E-state index contributed by atoms with van der Waals surface area (Å²) < 4.78 is 44.1. The molecule has 4 N–H and O–H groups in total. The van der Waals surface area contributed by atoms with Crippen molar-refractivity contribution >= 4 is 22.5 Å². The van der Waals surface area contributed by atoms with Gasteiger partial charge in [0.25, 0.3) is 0 Å². The SMILES string of the molecule is C=C(CCC(N)=O)N1[C@@H](c2c(F)cc(NC3CN(CCCF)C3)cc2F)c2[nH]c3ccccc3c2C[C@@H]1C. The number of likely N-dealkylation sites (tertiary alicyclic amines) is 1. The summed E-state index contributed by atoms with van der Waals surface area (Å²) >= 11 is 0. The monoisotopic (exact) mass is 525 g/mol. The number of halogens is 3. The molecule has 1 amide bonds. The fraction of sp³-hybridized carbons (Fsp3) is 0.414. The number of primary amides is 1. The Hall–Kier alpha value is -3.46.